The first-order chi connectivity index (χ1) is 4.92. The van der Waals surface area contributed by atoms with Crippen LogP contribution in [-0.4, -0.2) is 26.9 Å². The number of hydrogen-bond donors (Lipinski definition) is 3. The fourth-order valence-electron chi connectivity index (χ4n) is 0.602. The molecule has 0 aliphatic rings. The molecule has 1 atom stereocenters. The van der Waals surface area contributed by atoms with Crippen LogP contribution in [0.1, 0.15) is 19.8 Å². The number of thiol groups is 1. The van der Waals surface area contributed by atoms with Gasteiger partial charge >= 0.3 is 11.9 Å². The van der Waals surface area contributed by atoms with Crippen molar-refractivity contribution in [2.45, 2.75) is 24.5 Å². The first-order valence-corrected chi connectivity index (χ1v) is 3.54. The second-order valence-electron chi connectivity index (χ2n) is 2.26. The highest BCUT2D eigenvalue weighted by molar-refractivity contribution is 7.82. The van der Waals surface area contributed by atoms with E-state index < -0.39 is 23.1 Å². The minimum atomic E-state index is -1.42. The molecule has 0 saturated heterocycles. The Morgan fingerprint density at radius 2 is 1.91 bits per heavy atom. The number of carbonyl (C=O) groups is 2. The van der Waals surface area contributed by atoms with Crippen LogP contribution in [0.25, 0.3) is 0 Å². The average Bonchev–Trinajstić information content (AvgIpc) is 1.86. The van der Waals surface area contributed by atoms with E-state index in [-0.39, 0.29) is 6.42 Å². The van der Waals surface area contributed by atoms with E-state index in [1.165, 1.54) is 0 Å². The van der Waals surface area contributed by atoms with Gasteiger partial charge in [0.05, 0.1) is 6.42 Å². The lowest BCUT2D eigenvalue weighted by molar-refractivity contribution is -0.146. The third kappa shape index (κ3) is 2.80. The summed E-state index contributed by atoms with van der Waals surface area (Å²) in [5.41, 5.74) is 0. The summed E-state index contributed by atoms with van der Waals surface area (Å²) in [7, 11) is 0. The summed E-state index contributed by atoms with van der Waals surface area (Å²) in [6.45, 7) is 1.59. The van der Waals surface area contributed by atoms with E-state index in [4.69, 9.17) is 10.2 Å². The molecule has 0 aromatic heterocycles. The predicted molar refractivity (Wildman–Crippen MR) is 41.9 cm³/mol. The van der Waals surface area contributed by atoms with Crippen LogP contribution in [0, 0.1) is 0 Å². The average molecular weight is 178 g/mol. The first kappa shape index (κ1) is 10.3. The third-order valence-corrected chi connectivity index (χ3v) is 2.09. The van der Waals surface area contributed by atoms with Crippen molar-refractivity contribution in [2.24, 2.45) is 0 Å². The number of hydrogen-bond acceptors (Lipinski definition) is 3. The van der Waals surface area contributed by atoms with E-state index in [1.54, 1.807) is 6.92 Å². The van der Waals surface area contributed by atoms with Gasteiger partial charge in [-0.1, -0.05) is 6.92 Å². The Morgan fingerprint density at radius 3 is 2.00 bits per heavy atom. The van der Waals surface area contributed by atoms with Crippen molar-refractivity contribution in [3.8, 4) is 0 Å². The lowest BCUT2D eigenvalue weighted by Crippen LogP contribution is -2.34. The Labute approximate surface area is 69.6 Å². The summed E-state index contributed by atoms with van der Waals surface area (Å²) < 4.78 is -1.42. The zero-order valence-corrected chi connectivity index (χ0v) is 6.97. The lowest BCUT2D eigenvalue weighted by atomic mass is 10.0. The van der Waals surface area contributed by atoms with Gasteiger partial charge < -0.3 is 10.2 Å². The van der Waals surface area contributed by atoms with Gasteiger partial charge in [-0.05, 0) is 6.42 Å². The Hall–Kier alpha value is -0.710. The summed E-state index contributed by atoms with van der Waals surface area (Å²) in [6, 6.07) is 0. The van der Waals surface area contributed by atoms with Gasteiger partial charge in [-0.25, -0.2) is 0 Å². The Morgan fingerprint density at radius 1 is 1.45 bits per heavy atom. The van der Waals surface area contributed by atoms with Gasteiger partial charge in [-0.15, -0.1) is 0 Å². The Bertz CT molecular complexity index is 179. The molecule has 0 radical (unpaired) electrons. The summed E-state index contributed by atoms with van der Waals surface area (Å²) in [6.07, 6.45) is -0.264. The molecule has 0 aromatic rings. The van der Waals surface area contributed by atoms with E-state index in [0.717, 1.165) is 0 Å². The van der Waals surface area contributed by atoms with Crippen molar-refractivity contribution < 1.29 is 19.8 Å². The van der Waals surface area contributed by atoms with Gasteiger partial charge in [0.25, 0.3) is 0 Å². The van der Waals surface area contributed by atoms with E-state index in [1.807, 2.05) is 0 Å². The quantitative estimate of drug-likeness (QED) is 0.552. The molecule has 64 valence electrons. The highest BCUT2D eigenvalue weighted by Crippen LogP contribution is 2.23. The van der Waals surface area contributed by atoms with Crippen molar-refractivity contribution in [1.29, 1.82) is 0 Å². The molecule has 0 saturated carbocycles. The lowest BCUT2D eigenvalue weighted by Gasteiger charge is -2.18. The fraction of sp³-hybridized carbons (Fsp3) is 0.667. The van der Waals surface area contributed by atoms with Crippen LogP contribution in [0.5, 0.6) is 0 Å². The molecule has 0 rings (SSSR count). The summed E-state index contributed by atoms with van der Waals surface area (Å²) in [5, 5.41) is 16.9. The first-order valence-electron chi connectivity index (χ1n) is 3.10. The van der Waals surface area contributed by atoms with Gasteiger partial charge in [0.1, 0.15) is 4.75 Å². The maximum atomic E-state index is 10.4. The van der Waals surface area contributed by atoms with Gasteiger partial charge in [0.15, 0.2) is 0 Å². The highest BCUT2D eigenvalue weighted by Gasteiger charge is 2.34. The van der Waals surface area contributed by atoms with Crippen LogP contribution in [0.4, 0.5) is 0 Å². The highest BCUT2D eigenvalue weighted by atomic mass is 32.1. The molecule has 0 aromatic carbocycles. The van der Waals surface area contributed by atoms with Gasteiger partial charge in [-0.2, -0.15) is 12.6 Å². The van der Waals surface area contributed by atoms with Crippen LogP contribution in [0.15, 0.2) is 0 Å². The number of rotatable bonds is 4. The van der Waals surface area contributed by atoms with Crippen molar-refractivity contribution in [2.75, 3.05) is 0 Å². The molecule has 0 bridgehead atoms. The molecule has 0 spiro atoms. The summed E-state index contributed by atoms with van der Waals surface area (Å²) in [4.78, 5) is 20.6. The maximum Gasteiger partial charge on any atom is 0.320 e. The van der Waals surface area contributed by atoms with E-state index >= 15 is 0 Å². The predicted octanol–water partition coefficient (Wildman–Crippen LogP) is 0.624. The second kappa shape index (κ2) is 3.61. The zero-order valence-electron chi connectivity index (χ0n) is 6.07. The minimum Gasteiger partial charge on any atom is -0.481 e. The van der Waals surface area contributed by atoms with Crippen molar-refractivity contribution >= 4 is 24.6 Å². The van der Waals surface area contributed by atoms with Crippen molar-refractivity contribution in [3.05, 3.63) is 0 Å². The minimum absolute atomic E-state index is 0.192. The van der Waals surface area contributed by atoms with E-state index in [2.05, 4.69) is 12.6 Å². The normalized spacial score (nSPS) is 15.5. The maximum absolute atomic E-state index is 10.4. The van der Waals surface area contributed by atoms with E-state index in [9.17, 15) is 9.59 Å². The smallest absolute Gasteiger partial charge is 0.320 e. The van der Waals surface area contributed by atoms with E-state index in [0.29, 0.717) is 0 Å². The van der Waals surface area contributed by atoms with Crippen LogP contribution >= 0.6 is 12.6 Å². The van der Waals surface area contributed by atoms with Crippen LogP contribution in [-0.2, 0) is 9.59 Å². The third-order valence-electron chi connectivity index (χ3n) is 1.43. The molecule has 2 N–H and O–H groups in total. The topological polar surface area (TPSA) is 74.6 Å². The van der Waals surface area contributed by atoms with Crippen molar-refractivity contribution in [3.63, 3.8) is 0 Å². The Balaban J connectivity index is 4.34. The monoisotopic (exact) mass is 178 g/mol. The molecule has 0 aliphatic heterocycles. The van der Waals surface area contributed by atoms with Crippen LogP contribution in [0.2, 0.25) is 0 Å². The van der Waals surface area contributed by atoms with Crippen LogP contribution < -0.4 is 0 Å². The fourth-order valence-corrected chi connectivity index (χ4v) is 0.737. The van der Waals surface area contributed by atoms with Gasteiger partial charge in [-0.3, -0.25) is 9.59 Å². The summed E-state index contributed by atoms with van der Waals surface area (Å²) >= 11 is 3.77. The standard InChI is InChI=1S/C6H10O4S/c1-2-6(11,5(9)10)3-4(7)8/h11H,2-3H2,1H3,(H,7,8)(H,9,10). The summed E-state index contributed by atoms with van der Waals surface area (Å²) in [5.74, 6) is -2.34. The molecule has 0 heterocycles. The zero-order chi connectivity index (χ0) is 9.07. The molecule has 0 fully saturated rings. The number of aliphatic carboxylic acids is 2. The van der Waals surface area contributed by atoms with Crippen LogP contribution in [0.3, 0.4) is 0 Å². The van der Waals surface area contributed by atoms with Gasteiger partial charge in [0, 0.05) is 0 Å². The second-order valence-corrected chi connectivity index (χ2v) is 3.12. The molecule has 1 unspecified atom stereocenters. The van der Waals surface area contributed by atoms with Gasteiger partial charge in [0.2, 0.25) is 0 Å². The number of carboxylic acid groups (broad SMARTS) is 2. The molecule has 4 nitrogen and oxygen atoms in total. The largest absolute Gasteiger partial charge is 0.481 e. The van der Waals surface area contributed by atoms with Crippen molar-refractivity contribution in [1.82, 2.24) is 0 Å². The molecule has 0 amide bonds. The molecular weight excluding hydrogens is 168 g/mol. The SMILES string of the molecule is CCC(S)(CC(=O)O)C(=O)O. The molecule has 11 heavy (non-hydrogen) atoms. The number of carboxylic acids is 2. The Kier molecular flexibility index (Phi) is 3.38. The molecular formula is C6H10O4S. The molecule has 5 heteroatoms. The molecule has 0 aliphatic carbocycles.